The Labute approximate surface area is 148 Å². The van der Waals surface area contributed by atoms with Crippen molar-refractivity contribution in [2.24, 2.45) is 7.05 Å². The number of piperidine rings is 1. The fourth-order valence-electron chi connectivity index (χ4n) is 3.11. The predicted octanol–water partition coefficient (Wildman–Crippen LogP) is 2.76. The Morgan fingerprint density at radius 1 is 1.08 bits per heavy atom. The third-order valence-electron chi connectivity index (χ3n) is 4.69. The molecule has 1 aliphatic heterocycles. The molecule has 1 aliphatic rings. The van der Waals surface area contributed by atoms with Crippen molar-refractivity contribution in [2.75, 3.05) is 18.4 Å². The summed E-state index contributed by atoms with van der Waals surface area (Å²) in [5, 5.41) is 2.80. The van der Waals surface area contributed by atoms with Gasteiger partial charge in [-0.1, -0.05) is 24.6 Å². The minimum absolute atomic E-state index is 0.218. The molecule has 0 saturated carbocycles. The van der Waals surface area contributed by atoms with E-state index in [0.29, 0.717) is 30.2 Å². The summed E-state index contributed by atoms with van der Waals surface area (Å²) in [4.78, 5) is 12.8. The number of rotatable bonds is 4. The molecule has 0 bridgehead atoms. The molecule has 134 valence electrons. The topological polar surface area (TPSA) is 71.4 Å². The van der Waals surface area contributed by atoms with Crippen LogP contribution < -0.4 is 5.32 Å². The molecule has 1 aromatic carbocycles. The summed E-state index contributed by atoms with van der Waals surface area (Å²) in [7, 11) is -1.86. The van der Waals surface area contributed by atoms with Crippen LogP contribution in [0.4, 0.5) is 5.69 Å². The second-order valence-corrected chi connectivity index (χ2v) is 8.23. The van der Waals surface area contributed by atoms with Gasteiger partial charge in [0.05, 0.1) is 0 Å². The van der Waals surface area contributed by atoms with Crippen LogP contribution in [0.1, 0.15) is 35.4 Å². The van der Waals surface area contributed by atoms with Crippen LogP contribution >= 0.6 is 0 Å². The summed E-state index contributed by atoms with van der Waals surface area (Å²) in [6.45, 7) is 2.82. The Hall–Kier alpha value is -2.12. The summed E-state index contributed by atoms with van der Waals surface area (Å²) in [6, 6.07) is 10.6. The number of amides is 1. The lowest BCUT2D eigenvalue weighted by Gasteiger charge is -2.25. The molecule has 25 heavy (non-hydrogen) atoms. The highest BCUT2D eigenvalue weighted by molar-refractivity contribution is 7.89. The maximum atomic E-state index is 12.9. The highest BCUT2D eigenvalue weighted by Gasteiger charge is 2.30. The second-order valence-electron chi connectivity index (χ2n) is 6.32. The standard InChI is InChI=1S/C18H23N3O3S/c1-14-17(25(23,24)21-11-7-4-8-12-21)13-16(20(14)2)18(22)19-15-9-5-3-6-10-15/h3,5-6,9-10,13H,4,7-8,11-12H2,1-2H3,(H,19,22). The molecular weight excluding hydrogens is 338 g/mol. The Balaban J connectivity index is 1.90. The number of hydrogen-bond acceptors (Lipinski definition) is 3. The van der Waals surface area contributed by atoms with Gasteiger partial charge >= 0.3 is 0 Å². The molecule has 1 saturated heterocycles. The Bertz CT molecular complexity index is 866. The van der Waals surface area contributed by atoms with Gasteiger partial charge in [0.2, 0.25) is 10.0 Å². The van der Waals surface area contributed by atoms with Crippen molar-refractivity contribution in [3.05, 3.63) is 47.8 Å². The average Bonchev–Trinajstić information content (AvgIpc) is 2.93. The quantitative estimate of drug-likeness (QED) is 0.910. The van der Waals surface area contributed by atoms with Gasteiger partial charge in [-0.05, 0) is 38.0 Å². The summed E-state index contributed by atoms with van der Waals surface area (Å²) in [5.74, 6) is -0.322. The molecular formula is C18H23N3O3S. The molecule has 1 aromatic heterocycles. The van der Waals surface area contributed by atoms with E-state index in [1.807, 2.05) is 18.2 Å². The molecule has 2 aromatic rings. The first-order valence-electron chi connectivity index (χ1n) is 8.44. The summed E-state index contributed by atoms with van der Waals surface area (Å²) < 4.78 is 29.0. The number of aromatic nitrogens is 1. The van der Waals surface area contributed by atoms with E-state index >= 15 is 0 Å². The van der Waals surface area contributed by atoms with Crippen LogP contribution in [0, 0.1) is 6.92 Å². The van der Waals surface area contributed by atoms with Crippen LogP contribution in [0.3, 0.4) is 0 Å². The molecule has 7 heteroatoms. The monoisotopic (exact) mass is 361 g/mol. The average molecular weight is 361 g/mol. The van der Waals surface area contributed by atoms with E-state index in [9.17, 15) is 13.2 Å². The third-order valence-corrected chi connectivity index (χ3v) is 6.70. The van der Waals surface area contributed by atoms with Crippen molar-refractivity contribution in [2.45, 2.75) is 31.1 Å². The Morgan fingerprint density at radius 2 is 1.72 bits per heavy atom. The zero-order valence-corrected chi connectivity index (χ0v) is 15.3. The second kappa shape index (κ2) is 7.01. The predicted molar refractivity (Wildman–Crippen MR) is 97.2 cm³/mol. The molecule has 0 spiro atoms. The molecule has 0 aliphatic carbocycles. The zero-order chi connectivity index (χ0) is 18.0. The Kier molecular flexibility index (Phi) is 4.96. The van der Waals surface area contributed by atoms with Crippen molar-refractivity contribution < 1.29 is 13.2 Å². The molecule has 1 amide bonds. The van der Waals surface area contributed by atoms with E-state index in [1.54, 1.807) is 30.7 Å². The van der Waals surface area contributed by atoms with Crippen molar-refractivity contribution in [1.82, 2.24) is 8.87 Å². The maximum Gasteiger partial charge on any atom is 0.272 e. The number of anilines is 1. The van der Waals surface area contributed by atoms with Gasteiger partial charge in [-0.3, -0.25) is 4.79 Å². The summed E-state index contributed by atoms with van der Waals surface area (Å²) >= 11 is 0. The highest BCUT2D eigenvalue weighted by Crippen LogP contribution is 2.26. The molecule has 3 rings (SSSR count). The van der Waals surface area contributed by atoms with Crippen molar-refractivity contribution >= 4 is 21.6 Å². The van der Waals surface area contributed by atoms with Gasteiger partial charge in [0, 0.05) is 31.5 Å². The van der Waals surface area contributed by atoms with Crippen LogP contribution in [0.15, 0.2) is 41.3 Å². The van der Waals surface area contributed by atoms with Crippen LogP contribution in [0.5, 0.6) is 0 Å². The van der Waals surface area contributed by atoms with Gasteiger partial charge in [-0.2, -0.15) is 4.31 Å². The van der Waals surface area contributed by atoms with E-state index in [4.69, 9.17) is 0 Å². The van der Waals surface area contributed by atoms with Gasteiger partial charge in [0.25, 0.3) is 5.91 Å². The number of sulfonamides is 1. The minimum atomic E-state index is -3.57. The third kappa shape index (κ3) is 3.48. The fourth-order valence-corrected chi connectivity index (χ4v) is 4.90. The van der Waals surface area contributed by atoms with E-state index in [0.717, 1.165) is 19.3 Å². The van der Waals surface area contributed by atoms with E-state index < -0.39 is 10.0 Å². The number of nitrogens with zero attached hydrogens (tertiary/aromatic N) is 2. The summed E-state index contributed by atoms with van der Waals surface area (Å²) in [5.41, 5.74) is 1.58. The van der Waals surface area contributed by atoms with Gasteiger partial charge in [-0.25, -0.2) is 8.42 Å². The molecule has 0 radical (unpaired) electrons. The largest absolute Gasteiger partial charge is 0.343 e. The first-order chi connectivity index (χ1) is 11.9. The molecule has 0 atom stereocenters. The van der Waals surface area contributed by atoms with E-state index in [2.05, 4.69) is 5.32 Å². The molecule has 2 heterocycles. The maximum absolute atomic E-state index is 12.9. The van der Waals surface area contributed by atoms with E-state index in [-0.39, 0.29) is 10.8 Å². The number of para-hydroxylation sites is 1. The highest BCUT2D eigenvalue weighted by atomic mass is 32.2. The SMILES string of the molecule is Cc1c(S(=O)(=O)N2CCCCC2)cc(C(=O)Nc2ccccc2)n1C. The van der Waals surface area contributed by atoms with Crippen molar-refractivity contribution in [1.29, 1.82) is 0 Å². The molecule has 1 fully saturated rings. The fraction of sp³-hybridized carbons (Fsp3) is 0.389. The lowest BCUT2D eigenvalue weighted by atomic mass is 10.2. The minimum Gasteiger partial charge on any atom is -0.343 e. The number of carbonyl (C=O) groups excluding carboxylic acids is 1. The number of hydrogen-bond donors (Lipinski definition) is 1. The van der Waals surface area contributed by atoms with Gasteiger partial charge in [0.15, 0.2) is 0 Å². The normalized spacial score (nSPS) is 15.9. The van der Waals surface area contributed by atoms with E-state index in [1.165, 1.54) is 10.4 Å². The number of carbonyl (C=O) groups is 1. The zero-order valence-electron chi connectivity index (χ0n) is 14.5. The van der Waals surface area contributed by atoms with Crippen LogP contribution in [-0.4, -0.2) is 36.3 Å². The lowest BCUT2D eigenvalue weighted by Crippen LogP contribution is -2.35. The number of nitrogens with one attached hydrogen (secondary N) is 1. The lowest BCUT2D eigenvalue weighted by molar-refractivity contribution is 0.101. The molecule has 6 nitrogen and oxygen atoms in total. The van der Waals surface area contributed by atoms with Gasteiger partial charge in [0.1, 0.15) is 10.6 Å². The number of benzene rings is 1. The van der Waals surface area contributed by atoms with Gasteiger partial charge in [-0.15, -0.1) is 0 Å². The first kappa shape index (κ1) is 17.7. The molecule has 1 N–H and O–H groups in total. The Morgan fingerprint density at radius 3 is 2.36 bits per heavy atom. The van der Waals surface area contributed by atoms with Gasteiger partial charge < -0.3 is 9.88 Å². The van der Waals surface area contributed by atoms with Crippen LogP contribution in [0.2, 0.25) is 0 Å². The summed E-state index contributed by atoms with van der Waals surface area (Å²) in [6.07, 6.45) is 2.82. The van der Waals surface area contributed by atoms with Crippen LogP contribution in [-0.2, 0) is 17.1 Å². The smallest absolute Gasteiger partial charge is 0.272 e. The first-order valence-corrected chi connectivity index (χ1v) is 9.88. The van der Waals surface area contributed by atoms with Crippen molar-refractivity contribution in [3.8, 4) is 0 Å². The molecule has 0 unspecified atom stereocenters. The van der Waals surface area contributed by atoms with Crippen molar-refractivity contribution in [3.63, 3.8) is 0 Å². The van der Waals surface area contributed by atoms with Crippen LogP contribution in [0.25, 0.3) is 0 Å².